The maximum atomic E-state index is 12.3. The Balaban J connectivity index is 2.02. The number of carbonyl (C=O) groups is 2. The Labute approximate surface area is 113 Å². The number of rotatable bonds is 4. The van der Waals surface area contributed by atoms with Gasteiger partial charge in [-0.15, -0.1) is 0 Å². The Morgan fingerprint density at radius 2 is 2.17 bits per heavy atom. The van der Waals surface area contributed by atoms with Crippen LogP contribution in [-0.2, 0) is 9.59 Å². The van der Waals surface area contributed by atoms with Gasteiger partial charge < -0.3 is 10.2 Å². The third-order valence-corrected chi connectivity index (χ3v) is 5.03. The molecule has 1 aliphatic heterocycles. The molecule has 2 rings (SSSR count). The first kappa shape index (κ1) is 13.7. The first-order chi connectivity index (χ1) is 8.65. The minimum atomic E-state index is -0.287. The number of hydrogen-bond acceptors (Lipinski definition) is 3. The fraction of sp³-hybridized carbons (Fsp3) is 0.846. The second-order valence-electron chi connectivity index (χ2n) is 5.20. The van der Waals surface area contributed by atoms with Crippen LogP contribution in [0.4, 0.5) is 0 Å². The van der Waals surface area contributed by atoms with Crippen molar-refractivity contribution in [2.75, 3.05) is 12.8 Å². The standard InChI is InChI=1S/C13H22N2O2S/c1-3-4-11-13(17)15(8-12(16)14-11)9-5-6-10(7-9)18-2/h9-11H,3-8H2,1-2H3,(H,14,16). The van der Waals surface area contributed by atoms with Crippen LogP contribution in [-0.4, -0.2) is 46.8 Å². The Hall–Kier alpha value is -0.710. The first-order valence-corrected chi connectivity index (χ1v) is 8.07. The molecular formula is C13H22N2O2S. The molecule has 0 aromatic heterocycles. The molecule has 4 nitrogen and oxygen atoms in total. The molecule has 1 saturated carbocycles. The molecule has 3 atom stereocenters. The van der Waals surface area contributed by atoms with Crippen molar-refractivity contribution in [3.05, 3.63) is 0 Å². The topological polar surface area (TPSA) is 49.4 Å². The Morgan fingerprint density at radius 1 is 1.39 bits per heavy atom. The lowest BCUT2D eigenvalue weighted by molar-refractivity contribution is -0.146. The lowest BCUT2D eigenvalue weighted by Gasteiger charge is -2.36. The van der Waals surface area contributed by atoms with Gasteiger partial charge in [0.25, 0.3) is 0 Å². The van der Waals surface area contributed by atoms with Gasteiger partial charge in [0.2, 0.25) is 11.8 Å². The van der Waals surface area contributed by atoms with Crippen LogP contribution in [0.1, 0.15) is 39.0 Å². The van der Waals surface area contributed by atoms with Crippen molar-refractivity contribution < 1.29 is 9.59 Å². The van der Waals surface area contributed by atoms with Crippen molar-refractivity contribution in [1.82, 2.24) is 10.2 Å². The monoisotopic (exact) mass is 270 g/mol. The zero-order valence-corrected chi connectivity index (χ0v) is 12.0. The number of carbonyl (C=O) groups excluding carboxylic acids is 2. The van der Waals surface area contributed by atoms with E-state index in [0.717, 1.165) is 32.1 Å². The van der Waals surface area contributed by atoms with Crippen molar-refractivity contribution in [3.63, 3.8) is 0 Å². The van der Waals surface area contributed by atoms with Gasteiger partial charge in [-0.1, -0.05) is 13.3 Å². The molecule has 3 unspecified atom stereocenters. The van der Waals surface area contributed by atoms with Gasteiger partial charge in [-0.2, -0.15) is 11.8 Å². The van der Waals surface area contributed by atoms with E-state index in [2.05, 4.69) is 11.6 Å². The number of amides is 2. The molecule has 0 bridgehead atoms. The summed E-state index contributed by atoms with van der Waals surface area (Å²) in [7, 11) is 0. The van der Waals surface area contributed by atoms with Gasteiger partial charge in [0.15, 0.2) is 0 Å². The summed E-state index contributed by atoms with van der Waals surface area (Å²) in [6.45, 7) is 2.29. The molecule has 0 aromatic rings. The number of nitrogens with one attached hydrogen (secondary N) is 1. The highest BCUT2D eigenvalue weighted by molar-refractivity contribution is 7.99. The third-order valence-electron chi connectivity index (χ3n) is 3.94. The lowest BCUT2D eigenvalue weighted by atomic mass is 10.1. The molecule has 0 radical (unpaired) electrons. The summed E-state index contributed by atoms with van der Waals surface area (Å²) in [5.74, 6) is 0.129. The van der Waals surface area contributed by atoms with E-state index in [1.807, 2.05) is 23.6 Å². The smallest absolute Gasteiger partial charge is 0.245 e. The highest BCUT2D eigenvalue weighted by atomic mass is 32.2. The van der Waals surface area contributed by atoms with Crippen molar-refractivity contribution in [1.29, 1.82) is 0 Å². The van der Waals surface area contributed by atoms with Crippen LogP contribution >= 0.6 is 11.8 Å². The van der Waals surface area contributed by atoms with E-state index in [4.69, 9.17) is 0 Å². The molecule has 102 valence electrons. The predicted octanol–water partition coefficient (Wildman–Crippen LogP) is 1.40. The van der Waals surface area contributed by atoms with E-state index >= 15 is 0 Å². The van der Waals surface area contributed by atoms with E-state index in [9.17, 15) is 9.59 Å². The normalized spacial score (nSPS) is 32.8. The molecule has 0 spiro atoms. The van der Waals surface area contributed by atoms with Crippen molar-refractivity contribution in [3.8, 4) is 0 Å². The number of piperazine rings is 1. The summed E-state index contributed by atoms with van der Waals surface area (Å²) in [5.41, 5.74) is 0. The Bertz CT molecular complexity index is 335. The molecule has 1 aliphatic carbocycles. The van der Waals surface area contributed by atoms with Crippen LogP contribution in [0.15, 0.2) is 0 Å². The van der Waals surface area contributed by atoms with Crippen LogP contribution in [0, 0.1) is 0 Å². The average Bonchev–Trinajstić information content (AvgIpc) is 2.82. The van der Waals surface area contributed by atoms with Gasteiger partial charge in [-0.05, 0) is 31.9 Å². The van der Waals surface area contributed by atoms with Gasteiger partial charge in [-0.25, -0.2) is 0 Å². The molecule has 2 amide bonds. The number of thioether (sulfide) groups is 1. The first-order valence-electron chi connectivity index (χ1n) is 6.78. The Kier molecular flexibility index (Phi) is 4.54. The minimum absolute atomic E-state index is 0.000603. The number of nitrogens with zero attached hydrogens (tertiary/aromatic N) is 1. The fourth-order valence-electron chi connectivity index (χ4n) is 2.94. The summed E-state index contributed by atoms with van der Waals surface area (Å²) in [6, 6.07) is -0.00932. The molecular weight excluding hydrogens is 248 g/mol. The molecule has 18 heavy (non-hydrogen) atoms. The molecule has 5 heteroatoms. The van der Waals surface area contributed by atoms with Crippen molar-refractivity contribution in [2.45, 2.75) is 56.4 Å². The summed E-state index contributed by atoms with van der Waals surface area (Å²) in [6.07, 6.45) is 7.04. The quantitative estimate of drug-likeness (QED) is 0.840. The largest absolute Gasteiger partial charge is 0.343 e. The SMILES string of the molecule is CCCC1NC(=O)CN(C2CCC(SC)C2)C1=O. The Morgan fingerprint density at radius 3 is 2.78 bits per heavy atom. The van der Waals surface area contributed by atoms with Crippen LogP contribution in [0.5, 0.6) is 0 Å². The third kappa shape index (κ3) is 2.82. The predicted molar refractivity (Wildman–Crippen MR) is 73.5 cm³/mol. The molecule has 1 heterocycles. The zero-order chi connectivity index (χ0) is 13.1. The van der Waals surface area contributed by atoms with Crippen molar-refractivity contribution in [2.24, 2.45) is 0 Å². The van der Waals surface area contributed by atoms with E-state index in [1.54, 1.807) is 0 Å². The van der Waals surface area contributed by atoms with Gasteiger partial charge in [-0.3, -0.25) is 9.59 Å². The minimum Gasteiger partial charge on any atom is -0.343 e. The average molecular weight is 270 g/mol. The summed E-state index contributed by atoms with van der Waals surface area (Å²) >= 11 is 1.87. The van der Waals surface area contributed by atoms with Crippen molar-refractivity contribution >= 4 is 23.6 Å². The van der Waals surface area contributed by atoms with E-state index in [-0.39, 0.29) is 30.4 Å². The van der Waals surface area contributed by atoms with E-state index in [0.29, 0.717) is 5.25 Å². The van der Waals surface area contributed by atoms with E-state index in [1.165, 1.54) is 0 Å². The highest BCUT2D eigenvalue weighted by Crippen LogP contribution is 2.32. The van der Waals surface area contributed by atoms with Crippen LogP contribution < -0.4 is 5.32 Å². The molecule has 1 saturated heterocycles. The zero-order valence-electron chi connectivity index (χ0n) is 11.1. The lowest BCUT2D eigenvalue weighted by Crippen LogP contribution is -2.60. The van der Waals surface area contributed by atoms with Crippen LogP contribution in [0.3, 0.4) is 0 Å². The summed E-state index contributed by atoms with van der Waals surface area (Å²) in [4.78, 5) is 25.9. The van der Waals surface area contributed by atoms with Gasteiger partial charge in [0, 0.05) is 11.3 Å². The van der Waals surface area contributed by atoms with Gasteiger partial charge in [0.05, 0.1) is 6.54 Å². The second kappa shape index (κ2) is 5.95. The molecule has 1 N–H and O–H groups in total. The fourth-order valence-corrected chi connectivity index (χ4v) is 3.73. The molecule has 2 aliphatic rings. The van der Waals surface area contributed by atoms with Crippen LogP contribution in [0.2, 0.25) is 0 Å². The summed E-state index contributed by atoms with van der Waals surface area (Å²) in [5, 5.41) is 3.46. The maximum absolute atomic E-state index is 12.3. The second-order valence-corrected chi connectivity index (χ2v) is 6.34. The summed E-state index contributed by atoms with van der Waals surface area (Å²) < 4.78 is 0. The van der Waals surface area contributed by atoms with E-state index < -0.39 is 0 Å². The molecule has 2 fully saturated rings. The maximum Gasteiger partial charge on any atom is 0.245 e. The van der Waals surface area contributed by atoms with Gasteiger partial charge >= 0.3 is 0 Å². The molecule has 0 aromatic carbocycles. The highest BCUT2D eigenvalue weighted by Gasteiger charge is 2.38. The van der Waals surface area contributed by atoms with Gasteiger partial charge in [0.1, 0.15) is 6.04 Å². The van der Waals surface area contributed by atoms with Crippen LogP contribution in [0.25, 0.3) is 0 Å². The number of hydrogen-bond donors (Lipinski definition) is 1.